The number of aromatic nitrogens is 3. The first kappa shape index (κ1) is 19.1. The van der Waals surface area contributed by atoms with Crippen molar-refractivity contribution in [1.29, 1.82) is 0 Å². The van der Waals surface area contributed by atoms with Crippen LogP contribution < -0.4 is 9.80 Å². The number of nitro benzene ring substituents is 1. The molecule has 0 atom stereocenters. The quantitative estimate of drug-likeness (QED) is 0.478. The van der Waals surface area contributed by atoms with Crippen LogP contribution in [0.15, 0.2) is 48.7 Å². The molecule has 0 radical (unpaired) electrons. The molecular formula is C20H19ClN6O2. The van der Waals surface area contributed by atoms with Crippen LogP contribution in [0.3, 0.4) is 0 Å². The second-order valence-electron chi connectivity index (χ2n) is 6.81. The van der Waals surface area contributed by atoms with Gasteiger partial charge in [0.05, 0.1) is 9.95 Å². The van der Waals surface area contributed by atoms with Crippen molar-refractivity contribution in [2.75, 3.05) is 36.0 Å². The van der Waals surface area contributed by atoms with Gasteiger partial charge in [-0.25, -0.2) is 15.0 Å². The summed E-state index contributed by atoms with van der Waals surface area (Å²) in [5.41, 5.74) is 1.48. The molecule has 0 aliphatic carbocycles. The number of piperazine rings is 1. The number of pyridine rings is 1. The first-order valence-electron chi connectivity index (χ1n) is 9.21. The summed E-state index contributed by atoms with van der Waals surface area (Å²) in [5.74, 6) is 2.22. The molecule has 0 amide bonds. The molecule has 0 N–H and O–H groups in total. The number of hydrogen-bond acceptors (Lipinski definition) is 7. The Labute approximate surface area is 172 Å². The normalized spacial score (nSPS) is 14.1. The highest BCUT2D eigenvalue weighted by molar-refractivity contribution is 6.30. The van der Waals surface area contributed by atoms with Crippen molar-refractivity contribution in [2.24, 2.45) is 0 Å². The van der Waals surface area contributed by atoms with Crippen LogP contribution in [-0.2, 0) is 0 Å². The van der Waals surface area contributed by atoms with Gasteiger partial charge in [0, 0.05) is 61.8 Å². The molecule has 1 aromatic carbocycles. The van der Waals surface area contributed by atoms with Crippen LogP contribution in [0.4, 0.5) is 17.3 Å². The lowest BCUT2D eigenvalue weighted by molar-refractivity contribution is -0.384. The molecule has 29 heavy (non-hydrogen) atoms. The molecule has 148 valence electrons. The average molecular weight is 411 g/mol. The molecule has 0 bridgehead atoms. The lowest BCUT2D eigenvalue weighted by atomic mass is 10.2. The summed E-state index contributed by atoms with van der Waals surface area (Å²) in [6, 6.07) is 12.1. The molecule has 2 aromatic heterocycles. The van der Waals surface area contributed by atoms with Gasteiger partial charge in [-0.3, -0.25) is 10.1 Å². The van der Waals surface area contributed by atoms with Gasteiger partial charge in [-0.05, 0) is 19.1 Å². The molecule has 1 aliphatic heterocycles. The van der Waals surface area contributed by atoms with Crippen LogP contribution in [0, 0.1) is 17.0 Å². The van der Waals surface area contributed by atoms with Gasteiger partial charge < -0.3 is 9.80 Å². The first-order valence-corrected chi connectivity index (χ1v) is 9.59. The Balaban J connectivity index is 1.53. The summed E-state index contributed by atoms with van der Waals surface area (Å²) in [5, 5.41) is 11.7. The Hall–Kier alpha value is -3.26. The van der Waals surface area contributed by atoms with Gasteiger partial charge in [0.1, 0.15) is 11.6 Å². The second kappa shape index (κ2) is 8.00. The SMILES string of the molecule is Cc1cc(N2CCN(c3ccc(Cl)cn3)CC2)nc(-c2cccc([N+](=O)[O-])c2)n1. The third-order valence-corrected chi connectivity index (χ3v) is 5.02. The molecule has 4 rings (SSSR count). The second-order valence-corrected chi connectivity index (χ2v) is 7.24. The minimum atomic E-state index is -0.412. The monoisotopic (exact) mass is 410 g/mol. The van der Waals surface area contributed by atoms with Crippen LogP contribution in [0.5, 0.6) is 0 Å². The van der Waals surface area contributed by atoms with E-state index < -0.39 is 4.92 Å². The van der Waals surface area contributed by atoms with Crippen LogP contribution in [-0.4, -0.2) is 46.1 Å². The van der Waals surface area contributed by atoms with Gasteiger partial charge in [0.2, 0.25) is 0 Å². The van der Waals surface area contributed by atoms with E-state index in [-0.39, 0.29) is 5.69 Å². The van der Waals surface area contributed by atoms with Crippen molar-refractivity contribution in [3.8, 4) is 11.4 Å². The summed E-state index contributed by atoms with van der Waals surface area (Å²) >= 11 is 5.92. The van der Waals surface area contributed by atoms with Crippen molar-refractivity contribution < 1.29 is 4.92 Å². The zero-order chi connectivity index (χ0) is 20.4. The molecule has 0 unspecified atom stereocenters. The summed E-state index contributed by atoms with van der Waals surface area (Å²) in [7, 11) is 0. The van der Waals surface area contributed by atoms with E-state index in [1.54, 1.807) is 18.3 Å². The number of anilines is 2. The zero-order valence-electron chi connectivity index (χ0n) is 15.8. The van der Waals surface area contributed by atoms with E-state index in [4.69, 9.17) is 11.6 Å². The fourth-order valence-electron chi connectivity index (χ4n) is 3.32. The van der Waals surface area contributed by atoms with E-state index in [1.807, 2.05) is 25.1 Å². The van der Waals surface area contributed by atoms with Crippen LogP contribution in [0.2, 0.25) is 5.02 Å². The molecular weight excluding hydrogens is 392 g/mol. The summed E-state index contributed by atoms with van der Waals surface area (Å²) < 4.78 is 0. The number of nitrogens with zero attached hydrogens (tertiary/aromatic N) is 6. The van der Waals surface area contributed by atoms with E-state index in [0.717, 1.165) is 43.5 Å². The Kier molecular flexibility index (Phi) is 5.26. The molecule has 3 aromatic rings. The van der Waals surface area contributed by atoms with Crippen molar-refractivity contribution in [3.05, 3.63) is 69.5 Å². The summed E-state index contributed by atoms with van der Waals surface area (Å²) in [6.45, 7) is 5.10. The van der Waals surface area contributed by atoms with E-state index in [9.17, 15) is 10.1 Å². The standard InChI is InChI=1S/C20H19ClN6O2/c1-14-11-19(24-20(23-14)15-3-2-4-17(12-15)27(28)29)26-9-7-25(8-10-26)18-6-5-16(21)13-22-18/h2-6,11-13H,7-10H2,1H3. The average Bonchev–Trinajstić information content (AvgIpc) is 2.74. The maximum absolute atomic E-state index is 11.1. The van der Waals surface area contributed by atoms with Gasteiger partial charge in [0.15, 0.2) is 5.82 Å². The summed E-state index contributed by atoms with van der Waals surface area (Å²) in [4.78, 5) is 28.6. The largest absolute Gasteiger partial charge is 0.353 e. The smallest absolute Gasteiger partial charge is 0.270 e. The minimum absolute atomic E-state index is 0.0261. The highest BCUT2D eigenvalue weighted by Gasteiger charge is 2.20. The van der Waals surface area contributed by atoms with Crippen LogP contribution in [0.25, 0.3) is 11.4 Å². The molecule has 9 heteroatoms. The molecule has 0 spiro atoms. The molecule has 3 heterocycles. The predicted octanol–water partition coefficient (Wildman–Crippen LogP) is 3.74. The maximum Gasteiger partial charge on any atom is 0.270 e. The lowest BCUT2D eigenvalue weighted by Gasteiger charge is -2.36. The third-order valence-electron chi connectivity index (χ3n) is 4.80. The van der Waals surface area contributed by atoms with Gasteiger partial charge in [-0.2, -0.15) is 0 Å². The molecule has 8 nitrogen and oxygen atoms in total. The summed E-state index contributed by atoms with van der Waals surface area (Å²) in [6.07, 6.45) is 1.66. The van der Waals surface area contributed by atoms with Crippen molar-refractivity contribution in [3.63, 3.8) is 0 Å². The molecule has 1 saturated heterocycles. The number of aryl methyl sites for hydroxylation is 1. The fourth-order valence-corrected chi connectivity index (χ4v) is 3.43. The first-order chi connectivity index (χ1) is 14.0. The highest BCUT2D eigenvalue weighted by Crippen LogP contribution is 2.25. The number of rotatable bonds is 4. The number of hydrogen-bond donors (Lipinski definition) is 0. The highest BCUT2D eigenvalue weighted by atomic mass is 35.5. The molecule has 1 aliphatic rings. The number of nitro groups is 1. The van der Waals surface area contributed by atoms with Gasteiger partial charge in [-0.15, -0.1) is 0 Å². The van der Waals surface area contributed by atoms with E-state index in [0.29, 0.717) is 16.4 Å². The van der Waals surface area contributed by atoms with Gasteiger partial charge in [0.25, 0.3) is 5.69 Å². The van der Waals surface area contributed by atoms with Crippen molar-refractivity contribution in [2.45, 2.75) is 6.92 Å². The predicted molar refractivity (Wildman–Crippen MR) is 113 cm³/mol. The van der Waals surface area contributed by atoms with Gasteiger partial charge in [-0.1, -0.05) is 23.7 Å². The third kappa shape index (κ3) is 4.27. The number of halogens is 1. The van der Waals surface area contributed by atoms with Crippen molar-refractivity contribution in [1.82, 2.24) is 15.0 Å². The van der Waals surface area contributed by atoms with E-state index in [1.165, 1.54) is 12.1 Å². The Morgan fingerprint density at radius 1 is 1.00 bits per heavy atom. The topological polar surface area (TPSA) is 88.3 Å². The number of non-ortho nitro benzene ring substituents is 1. The maximum atomic E-state index is 11.1. The zero-order valence-corrected chi connectivity index (χ0v) is 16.6. The van der Waals surface area contributed by atoms with E-state index in [2.05, 4.69) is 24.8 Å². The number of benzene rings is 1. The minimum Gasteiger partial charge on any atom is -0.353 e. The fraction of sp³-hybridized carbons (Fsp3) is 0.250. The van der Waals surface area contributed by atoms with Crippen LogP contribution in [0.1, 0.15) is 5.69 Å². The Bertz CT molecular complexity index is 1040. The van der Waals surface area contributed by atoms with Crippen molar-refractivity contribution >= 4 is 28.9 Å². The lowest BCUT2D eigenvalue weighted by Crippen LogP contribution is -2.47. The van der Waals surface area contributed by atoms with Crippen LogP contribution >= 0.6 is 11.6 Å². The molecule has 0 saturated carbocycles. The Morgan fingerprint density at radius 3 is 2.38 bits per heavy atom. The Morgan fingerprint density at radius 2 is 1.72 bits per heavy atom. The van der Waals surface area contributed by atoms with E-state index >= 15 is 0 Å². The molecule has 1 fully saturated rings. The van der Waals surface area contributed by atoms with Gasteiger partial charge >= 0.3 is 0 Å².